The molecule has 0 aliphatic carbocycles. The normalized spacial score (nSPS) is 12.2. The number of hydrogen-bond acceptors (Lipinski definition) is 4. The summed E-state index contributed by atoms with van der Waals surface area (Å²) in [7, 11) is -4.37. The van der Waals surface area contributed by atoms with Crippen LogP contribution in [0.15, 0.2) is 64.0 Å². The van der Waals surface area contributed by atoms with Crippen LogP contribution in [0.1, 0.15) is 11.3 Å². The highest BCUT2D eigenvalue weighted by Gasteiger charge is 2.40. The average Bonchev–Trinajstić information content (AvgIpc) is 2.92. The monoisotopic (exact) mass is 460 g/mol. The van der Waals surface area contributed by atoms with Crippen LogP contribution in [0.25, 0.3) is 5.69 Å². The quantitative estimate of drug-likeness (QED) is 0.528. The molecule has 0 fully saturated rings. The third-order valence-electron chi connectivity index (χ3n) is 3.56. The second-order valence-corrected chi connectivity index (χ2v) is 7.90. The molecular formula is C17H12BrF3N2O3S. The molecule has 0 amide bonds. The minimum atomic E-state index is -4.80. The smallest absolute Gasteiger partial charge is 0.357 e. The number of para-hydroxylation sites is 1. The first-order valence-corrected chi connectivity index (χ1v) is 9.72. The van der Waals surface area contributed by atoms with Crippen molar-refractivity contribution in [1.29, 1.82) is 0 Å². The summed E-state index contributed by atoms with van der Waals surface area (Å²) in [5, 5.41) is 3.50. The molecule has 2 aromatic carbocycles. The largest absolute Gasteiger partial charge is 0.436 e. The fourth-order valence-electron chi connectivity index (χ4n) is 2.24. The van der Waals surface area contributed by atoms with Crippen molar-refractivity contribution in [3.05, 3.63) is 70.3 Å². The van der Waals surface area contributed by atoms with Gasteiger partial charge in [0, 0.05) is 0 Å². The van der Waals surface area contributed by atoms with E-state index in [-0.39, 0.29) is 10.6 Å². The molecular weight excluding hydrogens is 449 g/mol. The van der Waals surface area contributed by atoms with E-state index in [9.17, 15) is 21.6 Å². The third-order valence-corrected chi connectivity index (χ3v) is 5.50. The van der Waals surface area contributed by atoms with E-state index in [1.54, 1.807) is 37.3 Å². The molecule has 0 unspecified atom stereocenters. The molecule has 27 heavy (non-hydrogen) atoms. The molecule has 0 saturated heterocycles. The Bertz CT molecular complexity index is 1060. The van der Waals surface area contributed by atoms with Gasteiger partial charge in [0.05, 0.1) is 5.69 Å². The number of rotatable bonds is 4. The van der Waals surface area contributed by atoms with E-state index in [0.717, 1.165) is 10.2 Å². The summed E-state index contributed by atoms with van der Waals surface area (Å²) in [5.74, 6) is -0.589. The maximum absolute atomic E-state index is 13.2. The van der Waals surface area contributed by atoms with Crippen LogP contribution in [-0.2, 0) is 16.3 Å². The van der Waals surface area contributed by atoms with Crippen molar-refractivity contribution >= 4 is 26.0 Å². The Morgan fingerprint density at radius 2 is 1.63 bits per heavy atom. The van der Waals surface area contributed by atoms with Crippen molar-refractivity contribution in [2.75, 3.05) is 0 Å². The number of nitrogens with zero attached hydrogens (tertiary/aromatic N) is 2. The van der Waals surface area contributed by atoms with Crippen molar-refractivity contribution in [2.24, 2.45) is 0 Å². The zero-order chi connectivity index (χ0) is 19.8. The lowest BCUT2D eigenvalue weighted by Crippen LogP contribution is -2.13. The van der Waals surface area contributed by atoms with Crippen LogP contribution in [0.3, 0.4) is 0 Å². The standard InChI is InChI=1S/C17H12BrF3N2O3S/c1-11-7-9-13(10-8-11)27(24,25)26-16-14(18)15(17(19,20)21)22-23(16)12-5-3-2-4-6-12/h2-10H,1H3. The van der Waals surface area contributed by atoms with Gasteiger partial charge >= 0.3 is 16.3 Å². The molecule has 0 spiro atoms. The Labute approximate surface area is 161 Å². The molecule has 0 aliphatic heterocycles. The second kappa shape index (κ2) is 7.01. The summed E-state index contributed by atoms with van der Waals surface area (Å²) in [6.45, 7) is 1.77. The number of alkyl halides is 3. The molecule has 3 aromatic rings. The van der Waals surface area contributed by atoms with Crippen molar-refractivity contribution in [2.45, 2.75) is 18.0 Å². The van der Waals surface area contributed by atoms with E-state index in [4.69, 9.17) is 4.18 Å². The molecule has 5 nitrogen and oxygen atoms in total. The fourth-order valence-corrected chi connectivity index (χ4v) is 3.83. The van der Waals surface area contributed by atoms with Gasteiger partial charge in [-0.15, -0.1) is 0 Å². The van der Waals surface area contributed by atoms with Crippen LogP contribution in [-0.4, -0.2) is 18.2 Å². The molecule has 0 N–H and O–H groups in total. The molecule has 10 heteroatoms. The first-order chi connectivity index (χ1) is 12.6. The Hall–Kier alpha value is -2.33. The van der Waals surface area contributed by atoms with Crippen LogP contribution in [0.4, 0.5) is 13.2 Å². The molecule has 142 valence electrons. The zero-order valence-corrected chi connectivity index (χ0v) is 16.1. The number of hydrogen-bond donors (Lipinski definition) is 0. The Balaban J connectivity index is 2.14. The molecule has 0 bridgehead atoms. The highest BCUT2D eigenvalue weighted by Crippen LogP contribution is 2.41. The molecule has 0 aliphatic rings. The van der Waals surface area contributed by atoms with Crippen LogP contribution in [0.2, 0.25) is 0 Å². The summed E-state index contributed by atoms with van der Waals surface area (Å²) in [5.41, 5.74) is -0.257. The number of aromatic nitrogens is 2. The van der Waals surface area contributed by atoms with Gasteiger partial charge in [0.25, 0.3) is 5.88 Å². The lowest BCUT2D eigenvalue weighted by atomic mass is 10.2. The Kier molecular flexibility index (Phi) is 5.04. The van der Waals surface area contributed by atoms with Gasteiger partial charge in [0.2, 0.25) is 0 Å². The molecule has 3 rings (SSSR count). The van der Waals surface area contributed by atoms with E-state index in [1.807, 2.05) is 0 Å². The third kappa shape index (κ3) is 4.01. The molecule has 0 radical (unpaired) electrons. The summed E-state index contributed by atoms with van der Waals surface area (Å²) >= 11 is 2.78. The van der Waals surface area contributed by atoms with Gasteiger partial charge in [0.15, 0.2) is 5.69 Å². The van der Waals surface area contributed by atoms with E-state index in [0.29, 0.717) is 0 Å². The number of aryl methyl sites for hydroxylation is 1. The Morgan fingerprint density at radius 1 is 1.04 bits per heavy atom. The predicted molar refractivity (Wildman–Crippen MR) is 95.3 cm³/mol. The summed E-state index contributed by atoms with van der Waals surface area (Å²) in [4.78, 5) is -0.186. The SMILES string of the molecule is Cc1ccc(S(=O)(=O)Oc2c(Br)c(C(F)(F)F)nn2-c2ccccc2)cc1. The maximum Gasteiger partial charge on any atom is 0.436 e. The van der Waals surface area contributed by atoms with Gasteiger partial charge in [-0.05, 0) is 47.1 Å². The van der Waals surface area contributed by atoms with Crippen LogP contribution in [0, 0.1) is 6.92 Å². The Morgan fingerprint density at radius 3 is 2.19 bits per heavy atom. The van der Waals surface area contributed by atoms with Crippen molar-refractivity contribution < 1.29 is 25.8 Å². The van der Waals surface area contributed by atoms with Crippen LogP contribution in [0.5, 0.6) is 5.88 Å². The second-order valence-electron chi connectivity index (χ2n) is 5.56. The number of halogens is 4. The highest BCUT2D eigenvalue weighted by molar-refractivity contribution is 9.10. The molecule has 1 heterocycles. The van der Waals surface area contributed by atoms with Crippen molar-refractivity contribution in [1.82, 2.24) is 9.78 Å². The topological polar surface area (TPSA) is 61.2 Å². The van der Waals surface area contributed by atoms with E-state index >= 15 is 0 Å². The first kappa shape index (κ1) is 19.4. The summed E-state index contributed by atoms with van der Waals surface area (Å²) in [6.07, 6.45) is -4.80. The molecule has 1 aromatic heterocycles. The summed E-state index contributed by atoms with van der Waals surface area (Å²) in [6, 6.07) is 13.5. The van der Waals surface area contributed by atoms with Gasteiger partial charge in [-0.2, -0.15) is 31.4 Å². The van der Waals surface area contributed by atoms with E-state index in [1.165, 1.54) is 24.3 Å². The van der Waals surface area contributed by atoms with Gasteiger partial charge < -0.3 is 4.18 Å². The molecule has 0 atom stereocenters. The summed E-state index contributed by atoms with van der Waals surface area (Å²) < 4.78 is 70.1. The van der Waals surface area contributed by atoms with Crippen LogP contribution < -0.4 is 4.18 Å². The van der Waals surface area contributed by atoms with Crippen LogP contribution >= 0.6 is 15.9 Å². The minimum Gasteiger partial charge on any atom is -0.357 e. The predicted octanol–water partition coefficient (Wildman–Crippen LogP) is 4.73. The highest BCUT2D eigenvalue weighted by atomic mass is 79.9. The van der Waals surface area contributed by atoms with Gasteiger partial charge in [0.1, 0.15) is 9.37 Å². The van der Waals surface area contributed by atoms with Crippen molar-refractivity contribution in [3.63, 3.8) is 0 Å². The zero-order valence-electron chi connectivity index (χ0n) is 13.7. The molecule has 0 saturated carbocycles. The minimum absolute atomic E-state index is 0.186. The van der Waals surface area contributed by atoms with Gasteiger partial charge in [-0.3, -0.25) is 0 Å². The lowest BCUT2D eigenvalue weighted by molar-refractivity contribution is -0.141. The van der Waals surface area contributed by atoms with E-state index in [2.05, 4.69) is 21.0 Å². The first-order valence-electron chi connectivity index (χ1n) is 7.52. The number of benzene rings is 2. The maximum atomic E-state index is 13.2. The average molecular weight is 461 g/mol. The fraction of sp³-hybridized carbons (Fsp3) is 0.118. The van der Waals surface area contributed by atoms with E-state index < -0.39 is 32.3 Å². The van der Waals surface area contributed by atoms with Crippen molar-refractivity contribution in [3.8, 4) is 11.6 Å². The van der Waals surface area contributed by atoms with Gasteiger partial charge in [-0.1, -0.05) is 35.9 Å². The van der Waals surface area contributed by atoms with Gasteiger partial charge in [-0.25, -0.2) is 0 Å². The lowest BCUT2D eigenvalue weighted by Gasteiger charge is -2.10.